The smallest absolute Gasteiger partial charge is 0.0604 e. The van der Waals surface area contributed by atoms with Crippen LogP contribution in [-0.2, 0) is 0 Å². The molecule has 0 saturated heterocycles. The zero-order valence-corrected chi connectivity index (χ0v) is 14.4. The third-order valence-corrected chi connectivity index (χ3v) is 11.0. The molecular weight excluding hydrogens is 232 g/mol. The van der Waals surface area contributed by atoms with E-state index in [9.17, 15) is 0 Å². The van der Waals surface area contributed by atoms with Crippen LogP contribution in [0.4, 0.5) is 0 Å². The van der Waals surface area contributed by atoms with Crippen LogP contribution in [0.15, 0.2) is 12.7 Å². The Balaban J connectivity index is 4.76. The molecule has 0 aromatic carbocycles. The lowest BCUT2D eigenvalue weighted by molar-refractivity contribution is 0.655. The molecule has 0 bridgehead atoms. The summed E-state index contributed by atoms with van der Waals surface area (Å²) in [6.45, 7) is 13.6. The van der Waals surface area contributed by atoms with E-state index in [1.54, 1.807) is 0 Å². The van der Waals surface area contributed by atoms with Gasteiger partial charge in [-0.3, -0.25) is 0 Å². The third kappa shape index (κ3) is 5.73. The minimum Gasteiger partial charge on any atom is -0.103 e. The summed E-state index contributed by atoms with van der Waals surface area (Å²) in [5, 5.41) is 0. The summed E-state index contributed by atoms with van der Waals surface area (Å²) in [5.41, 5.74) is 0.879. The first-order valence-electron chi connectivity index (χ1n) is 8.33. The minimum absolute atomic E-state index is 0.879. The van der Waals surface area contributed by atoms with Crippen LogP contribution < -0.4 is 0 Å². The average molecular weight is 269 g/mol. The van der Waals surface area contributed by atoms with Crippen LogP contribution in [0.2, 0.25) is 23.7 Å². The Morgan fingerprint density at radius 3 is 1.67 bits per heavy atom. The highest BCUT2D eigenvalue weighted by molar-refractivity contribution is 6.81. The first-order valence-corrected chi connectivity index (χ1v) is 11.0. The van der Waals surface area contributed by atoms with Gasteiger partial charge in [0.05, 0.1) is 8.07 Å². The molecule has 1 unspecified atom stereocenters. The number of rotatable bonds is 12. The number of unbranched alkanes of at least 4 members (excludes halogenated alkanes) is 2. The molecule has 1 heteroatoms. The van der Waals surface area contributed by atoms with Crippen LogP contribution in [0.5, 0.6) is 0 Å². The van der Waals surface area contributed by atoms with Crippen molar-refractivity contribution in [3.8, 4) is 0 Å². The van der Waals surface area contributed by atoms with Crippen molar-refractivity contribution < 1.29 is 0 Å². The molecule has 0 aliphatic carbocycles. The van der Waals surface area contributed by atoms with Crippen molar-refractivity contribution in [3.63, 3.8) is 0 Å². The lowest BCUT2D eigenvalue weighted by Gasteiger charge is -2.38. The summed E-state index contributed by atoms with van der Waals surface area (Å²) in [4.78, 5) is 0. The van der Waals surface area contributed by atoms with E-state index in [4.69, 9.17) is 0 Å². The van der Waals surface area contributed by atoms with Gasteiger partial charge >= 0.3 is 0 Å². The molecule has 0 spiro atoms. The Bertz CT molecular complexity index is 181. The highest BCUT2D eigenvalue weighted by Gasteiger charge is 2.36. The van der Waals surface area contributed by atoms with Crippen molar-refractivity contribution in [2.45, 2.75) is 96.3 Å². The largest absolute Gasteiger partial charge is 0.103 e. The van der Waals surface area contributed by atoms with Gasteiger partial charge in [0.25, 0.3) is 0 Å². The number of hydrogen-bond acceptors (Lipinski definition) is 0. The van der Waals surface area contributed by atoms with Crippen LogP contribution >= 0.6 is 0 Å². The van der Waals surface area contributed by atoms with Gasteiger partial charge in [-0.25, -0.2) is 0 Å². The van der Waals surface area contributed by atoms with Crippen LogP contribution in [0, 0.1) is 0 Å². The number of hydrogen-bond donors (Lipinski definition) is 0. The Hall–Kier alpha value is -0.0431. The zero-order chi connectivity index (χ0) is 13.9. The standard InChI is InChI=1S/C17H36Si/c1-6-11-12-13-17(10-5)18(14-7-2,15-8-3)16-9-4/h10,17H,5-9,11-16H2,1-4H3. The average Bonchev–Trinajstić information content (AvgIpc) is 2.35. The summed E-state index contributed by atoms with van der Waals surface area (Å²) in [6.07, 6.45) is 12.1. The van der Waals surface area contributed by atoms with Crippen LogP contribution in [0.3, 0.4) is 0 Å². The van der Waals surface area contributed by atoms with Gasteiger partial charge in [0.2, 0.25) is 0 Å². The Kier molecular flexibility index (Phi) is 10.8. The molecule has 0 fully saturated rings. The van der Waals surface area contributed by atoms with Crippen LogP contribution in [0.25, 0.3) is 0 Å². The maximum atomic E-state index is 4.19. The second-order valence-electron chi connectivity index (χ2n) is 5.95. The van der Waals surface area contributed by atoms with Gasteiger partial charge in [-0.2, -0.15) is 0 Å². The Morgan fingerprint density at radius 1 is 0.833 bits per heavy atom. The van der Waals surface area contributed by atoms with E-state index in [0.717, 1.165) is 5.54 Å². The van der Waals surface area contributed by atoms with Gasteiger partial charge in [-0.1, -0.05) is 90.4 Å². The van der Waals surface area contributed by atoms with E-state index in [1.807, 2.05) is 0 Å². The highest BCUT2D eigenvalue weighted by atomic mass is 28.3. The molecule has 18 heavy (non-hydrogen) atoms. The fourth-order valence-electron chi connectivity index (χ4n) is 3.71. The van der Waals surface area contributed by atoms with Gasteiger partial charge < -0.3 is 0 Å². The van der Waals surface area contributed by atoms with E-state index >= 15 is 0 Å². The first-order chi connectivity index (χ1) is 8.70. The Morgan fingerprint density at radius 2 is 1.33 bits per heavy atom. The predicted molar refractivity (Wildman–Crippen MR) is 89.1 cm³/mol. The third-order valence-electron chi connectivity index (χ3n) is 4.43. The van der Waals surface area contributed by atoms with E-state index in [1.165, 1.54) is 63.1 Å². The van der Waals surface area contributed by atoms with Gasteiger partial charge in [0.1, 0.15) is 0 Å². The predicted octanol–water partition coefficient (Wildman–Crippen LogP) is 6.80. The van der Waals surface area contributed by atoms with Crippen molar-refractivity contribution in [1.29, 1.82) is 0 Å². The molecule has 0 aliphatic heterocycles. The van der Waals surface area contributed by atoms with Crippen molar-refractivity contribution in [3.05, 3.63) is 12.7 Å². The molecule has 0 rings (SSSR count). The summed E-state index contributed by atoms with van der Waals surface area (Å²) < 4.78 is 0. The fourth-order valence-corrected chi connectivity index (χ4v) is 9.88. The molecular formula is C17H36Si. The molecule has 108 valence electrons. The molecule has 0 saturated carbocycles. The number of allylic oxidation sites excluding steroid dienone is 1. The quantitative estimate of drug-likeness (QED) is 0.207. The molecule has 0 nitrogen and oxygen atoms in total. The van der Waals surface area contributed by atoms with E-state index < -0.39 is 8.07 Å². The molecule has 0 aliphatic rings. The van der Waals surface area contributed by atoms with Crippen molar-refractivity contribution >= 4 is 8.07 Å². The second kappa shape index (κ2) is 10.8. The molecule has 0 heterocycles. The fraction of sp³-hybridized carbons (Fsp3) is 0.882. The second-order valence-corrected chi connectivity index (χ2v) is 10.9. The minimum atomic E-state index is -1.09. The highest BCUT2D eigenvalue weighted by Crippen LogP contribution is 2.40. The first kappa shape index (κ1) is 18.0. The van der Waals surface area contributed by atoms with E-state index in [0.29, 0.717) is 0 Å². The molecule has 0 amide bonds. The van der Waals surface area contributed by atoms with Crippen LogP contribution in [-0.4, -0.2) is 8.07 Å². The molecule has 0 aromatic heterocycles. The van der Waals surface area contributed by atoms with Crippen molar-refractivity contribution in [2.24, 2.45) is 0 Å². The molecule has 0 N–H and O–H groups in total. The monoisotopic (exact) mass is 268 g/mol. The van der Waals surface area contributed by atoms with Gasteiger partial charge in [0.15, 0.2) is 0 Å². The summed E-state index contributed by atoms with van der Waals surface area (Å²) in [5.74, 6) is 0. The Labute approximate surface area is 117 Å². The van der Waals surface area contributed by atoms with Crippen molar-refractivity contribution in [2.75, 3.05) is 0 Å². The maximum absolute atomic E-state index is 4.19. The summed E-state index contributed by atoms with van der Waals surface area (Å²) >= 11 is 0. The molecule has 0 aromatic rings. The summed E-state index contributed by atoms with van der Waals surface area (Å²) in [7, 11) is -1.09. The molecule has 1 atom stereocenters. The topological polar surface area (TPSA) is 0 Å². The summed E-state index contributed by atoms with van der Waals surface area (Å²) in [6, 6.07) is 4.58. The van der Waals surface area contributed by atoms with Gasteiger partial charge in [-0.15, -0.1) is 6.58 Å². The van der Waals surface area contributed by atoms with Crippen LogP contribution in [0.1, 0.15) is 72.6 Å². The van der Waals surface area contributed by atoms with Gasteiger partial charge in [-0.05, 0) is 12.0 Å². The maximum Gasteiger partial charge on any atom is 0.0604 e. The normalized spacial score (nSPS) is 13.6. The van der Waals surface area contributed by atoms with E-state index in [-0.39, 0.29) is 0 Å². The van der Waals surface area contributed by atoms with Crippen molar-refractivity contribution in [1.82, 2.24) is 0 Å². The zero-order valence-electron chi connectivity index (χ0n) is 13.4. The lowest BCUT2D eigenvalue weighted by Crippen LogP contribution is -2.38. The molecule has 0 radical (unpaired) electrons. The SMILES string of the molecule is C=CC(CCCCC)[Si](CCC)(CCC)CCC. The lowest BCUT2D eigenvalue weighted by atomic mass is 10.1. The van der Waals surface area contributed by atoms with Gasteiger partial charge in [0, 0.05) is 0 Å². The van der Waals surface area contributed by atoms with E-state index in [2.05, 4.69) is 40.3 Å².